The largest absolute Gasteiger partial charge is 0.364 e. The van der Waals surface area contributed by atoms with Gasteiger partial charge < -0.3 is 15.5 Å². The van der Waals surface area contributed by atoms with Gasteiger partial charge in [-0.2, -0.15) is 0 Å². The number of rotatable bonds is 7. The Bertz CT molecular complexity index is 663. The maximum Gasteiger partial charge on any atom is 0.279 e. The summed E-state index contributed by atoms with van der Waals surface area (Å²) in [5.41, 5.74) is 6.01. The van der Waals surface area contributed by atoms with E-state index in [0.717, 1.165) is 69.3 Å². The summed E-state index contributed by atoms with van der Waals surface area (Å²) in [7, 11) is 0. The lowest BCUT2D eigenvalue weighted by atomic mass is 9.80. The molecule has 3 N–H and O–H groups in total. The van der Waals surface area contributed by atoms with Crippen molar-refractivity contribution in [1.82, 2.24) is 5.32 Å². The second kappa shape index (κ2) is 8.48. The first-order chi connectivity index (χ1) is 13.0. The minimum absolute atomic E-state index is 0.0311. The Morgan fingerprint density at radius 1 is 1.07 bits per heavy atom. The monoisotopic (exact) mass is 376 g/mol. The molecule has 0 aromatic heterocycles. The van der Waals surface area contributed by atoms with Gasteiger partial charge in [-0.25, -0.2) is 4.39 Å². The number of primary amides is 1. The SMILES string of the molecule is NC(=O)C1([N+]2(CCCC(=O)c3ccc(F)cc3)CCCCC2)CCNCC1. The van der Waals surface area contributed by atoms with Crippen LogP contribution in [0.2, 0.25) is 0 Å². The number of hydrogen-bond donors (Lipinski definition) is 2. The molecule has 0 atom stereocenters. The molecule has 2 fully saturated rings. The van der Waals surface area contributed by atoms with Gasteiger partial charge in [-0.15, -0.1) is 0 Å². The van der Waals surface area contributed by atoms with E-state index in [1.807, 2.05) is 0 Å². The van der Waals surface area contributed by atoms with Crippen molar-refractivity contribution < 1.29 is 18.5 Å². The van der Waals surface area contributed by atoms with Crippen molar-refractivity contribution in [1.29, 1.82) is 0 Å². The van der Waals surface area contributed by atoms with E-state index in [0.29, 0.717) is 12.0 Å². The van der Waals surface area contributed by atoms with Gasteiger partial charge in [0.25, 0.3) is 5.91 Å². The number of Topliss-reactive ketones (excluding diaryl/α,β-unsaturated/α-hetero) is 1. The van der Waals surface area contributed by atoms with Crippen LogP contribution in [0.15, 0.2) is 24.3 Å². The molecule has 1 amide bonds. The van der Waals surface area contributed by atoms with Gasteiger partial charge in [0.2, 0.25) is 0 Å². The molecule has 0 saturated carbocycles. The maximum atomic E-state index is 13.1. The number of quaternary nitrogens is 1. The van der Waals surface area contributed by atoms with Crippen LogP contribution in [0.1, 0.15) is 55.3 Å². The topological polar surface area (TPSA) is 72.2 Å². The number of carbonyl (C=O) groups excluding carboxylic acids is 2. The van der Waals surface area contributed by atoms with E-state index in [-0.39, 0.29) is 17.5 Å². The quantitative estimate of drug-likeness (QED) is 0.567. The molecule has 0 spiro atoms. The Morgan fingerprint density at radius 3 is 2.30 bits per heavy atom. The van der Waals surface area contributed by atoms with Crippen LogP contribution in [-0.2, 0) is 4.79 Å². The molecular formula is C21H31FN3O2+. The lowest BCUT2D eigenvalue weighted by molar-refractivity contribution is -0.971. The Labute approximate surface area is 160 Å². The molecule has 6 heteroatoms. The molecule has 2 aliphatic heterocycles. The molecular weight excluding hydrogens is 345 g/mol. The lowest BCUT2D eigenvalue weighted by Crippen LogP contribution is -2.73. The van der Waals surface area contributed by atoms with Crippen molar-refractivity contribution in [2.75, 3.05) is 32.7 Å². The molecule has 0 bridgehead atoms. The molecule has 5 nitrogen and oxygen atoms in total. The number of likely N-dealkylation sites (tertiary alicyclic amines) is 1. The Kier molecular flexibility index (Phi) is 6.27. The fraction of sp³-hybridized carbons (Fsp3) is 0.619. The first kappa shape index (κ1) is 20.0. The van der Waals surface area contributed by atoms with Crippen LogP contribution in [0.3, 0.4) is 0 Å². The highest BCUT2D eigenvalue weighted by Gasteiger charge is 2.55. The summed E-state index contributed by atoms with van der Waals surface area (Å²) in [5, 5.41) is 3.35. The van der Waals surface area contributed by atoms with Crippen LogP contribution >= 0.6 is 0 Å². The number of carbonyl (C=O) groups is 2. The average Bonchev–Trinajstić information content (AvgIpc) is 2.69. The van der Waals surface area contributed by atoms with Gasteiger partial charge in [0, 0.05) is 44.3 Å². The molecule has 2 saturated heterocycles. The van der Waals surface area contributed by atoms with Crippen LogP contribution in [0, 0.1) is 5.82 Å². The van der Waals surface area contributed by atoms with Crippen molar-refractivity contribution in [2.45, 2.75) is 50.5 Å². The molecule has 2 heterocycles. The Balaban J connectivity index is 1.72. The predicted octanol–water partition coefficient (Wildman–Crippen LogP) is 2.40. The second-order valence-corrected chi connectivity index (χ2v) is 8.06. The highest BCUT2D eigenvalue weighted by Crippen LogP contribution is 2.38. The van der Waals surface area contributed by atoms with Crippen LogP contribution in [0.4, 0.5) is 4.39 Å². The van der Waals surface area contributed by atoms with E-state index in [9.17, 15) is 14.0 Å². The molecule has 27 heavy (non-hydrogen) atoms. The average molecular weight is 376 g/mol. The third-order valence-corrected chi connectivity index (χ3v) is 6.63. The van der Waals surface area contributed by atoms with Gasteiger partial charge in [0.1, 0.15) is 5.82 Å². The number of piperidine rings is 2. The van der Waals surface area contributed by atoms with E-state index in [1.165, 1.54) is 18.6 Å². The van der Waals surface area contributed by atoms with E-state index >= 15 is 0 Å². The van der Waals surface area contributed by atoms with Crippen molar-refractivity contribution in [3.8, 4) is 0 Å². The molecule has 1 aromatic rings. The third kappa shape index (κ3) is 4.06. The third-order valence-electron chi connectivity index (χ3n) is 6.63. The van der Waals surface area contributed by atoms with Crippen LogP contribution < -0.4 is 11.1 Å². The van der Waals surface area contributed by atoms with Crippen molar-refractivity contribution in [2.24, 2.45) is 5.73 Å². The summed E-state index contributed by atoms with van der Waals surface area (Å²) < 4.78 is 13.8. The highest BCUT2D eigenvalue weighted by molar-refractivity contribution is 5.95. The van der Waals surface area contributed by atoms with Gasteiger partial charge >= 0.3 is 0 Å². The number of nitrogens with one attached hydrogen (secondary N) is 1. The zero-order chi connectivity index (χ0) is 19.3. The first-order valence-corrected chi connectivity index (χ1v) is 10.1. The van der Waals surface area contributed by atoms with E-state index < -0.39 is 5.54 Å². The van der Waals surface area contributed by atoms with Crippen molar-refractivity contribution >= 4 is 11.7 Å². The maximum absolute atomic E-state index is 13.1. The highest BCUT2D eigenvalue weighted by atomic mass is 19.1. The van der Waals surface area contributed by atoms with Crippen LogP contribution in [0.25, 0.3) is 0 Å². The van der Waals surface area contributed by atoms with Gasteiger partial charge in [-0.05, 0) is 43.5 Å². The molecule has 3 rings (SSSR count). The standard InChI is InChI=1S/C21H30FN3O2/c22-18-8-6-17(7-9-18)19(26)5-4-16-25(14-2-1-3-15-25)21(20(23)27)10-12-24-13-11-21/h6-9,24H,1-5,10-16H2,(H-,23,27)/p+1. The molecule has 0 radical (unpaired) electrons. The Morgan fingerprint density at radius 2 is 1.70 bits per heavy atom. The van der Waals surface area contributed by atoms with Crippen LogP contribution in [0.5, 0.6) is 0 Å². The fourth-order valence-corrected chi connectivity index (χ4v) is 5.10. The molecule has 148 valence electrons. The number of benzene rings is 1. The molecule has 2 aliphatic rings. The first-order valence-electron chi connectivity index (χ1n) is 10.1. The van der Waals surface area contributed by atoms with Gasteiger partial charge in [0.05, 0.1) is 19.6 Å². The number of nitrogens with zero attached hydrogens (tertiary/aromatic N) is 1. The lowest BCUT2D eigenvalue weighted by Gasteiger charge is -2.55. The fourth-order valence-electron chi connectivity index (χ4n) is 5.10. The van der Waals surface area contributed by atoms with Gasteiger partial charge in [-0.3, -0.25) is 9.59 Å². The van der Waals surface area contributed by atoms with Gasteiger partial charge in [0.15, 0.2) is 11.3 Å². The zero-order valence-corrected chi connectivity index (χ0v) is 16.0. The number of nitrogens with two attached hydrogens (primary N) is 1. The number of hydrogen-bond acceptors (Lipinski definition) is 3. The van der Waals surface area contributed by atoms with Crippen molar-refractivity contribution in [3.63, 3.8) is 0 Å². The van der Waals surface area contributed by atoms with Gasteiger partial charge in [-0.1, -0.05) is 0 Å². The minimum atomic E-state index is -0.509. The molecule has 0 unspecified atom stereocenters. The summed E-state index contributed by atoms with van der Waals surface area (Å²) in [4.78, 5) is 25.1. The summed E-state index contributed by atoms with van der Waals surface area (Å²) in [5.74, 6) is -0.488. The zero-order valence-electron chi connectivity index (χ0n) is 16.0. The second-order valence-electron chi connectivity index (χ2n) is 8.06. The Hall–Kier alpha value is -1.79. The van der Waals surface area contributed by atoms with E-state index in [4.69, 9.17) is 5.73 Å². The summed E-state index contributed by atoms with van der Waals surface area (Å²) in [6.45, 7) is 4.37. The summed E-state index contributed by atoms with van der Waals surface area (Å²) in [6, 6.07) is 5.73. The smallest absolute Gasteiger partial charge is 0.279 e. The van der Waals surface area contributed by atoms with Crippen molar-refractivity contribution in [3.05, 3.63) is 35.6 Å². The number of halogens is 1. The van der Waals surface area contributed by atoms with E-state index in [2.05, 4.69) is 5.32 Å². The molecule has 1 aromatic carbocycles. The molecule has 0 aliphatic carbocycles. The predicted molar refractivity (Wildman–Crippen MR) is 103 cm³/mol. The number of ketones is 1. The normalized spacial score (nSPS) is 21.5. The minimum Gasteiger partial charge on any atom is -0.364 e. The summed E-state index contributed by atoms with van der Waals surface area (Å²) in [6.07, 6.45) is 6.09. The van der Waals surface area contributed by atoms with Crippen LogP contribution in [-0.4, -0.2) is 54.4 Å². The van der Waals surface area contributed by atoms with E-state index in [1.54, 1.807) is 12.1 Å². The number of amides is 1. The summed E-state index contributed by atoms with van der Waals surface area (Å²) >= 11 is 0.